The summed E-state index contributed by atoms with van der Waals surface area (Å²) in [6.07, 6.45) is 1.98. The number of amides is 1. The molecule has 118 valence electrons. The summed E-state index contributed by atoms with van der Waals surface area (Å²) < 4.78 is 13.1. The van der Waals surface area contributed by atoms with E-state index in [9.17, 15) is 14.0 Å². The van der Waals surface area contributed by atoms with Crippen LogP contribution in [-0.4, -0.2) is 33.5 Å². The van der Waals surface area contributed by atoms with Gasteiger partial charge < -0.3 is 15.4 Å². The molecule has 0 atom stereocenters. The van der Waals surface area contributed by atoms with E-state index in [1.807, 2.05) is 0 Å². The van der Waals surface area contributed by atoms with Gasteiger partial charge in [-0.15, -0.1) is 0 Å². The van der Waals surface area contributed by atoms with Crippen molar-refractivity contribution in [2.24, 2.45) is 0 Å². The molecule has 3 N–H and O–H groups in total. The van der Waals surface area contributed by atoms with E-state index in [0.29, 0.717) is 49.1 Å². The molecule has 0 bridgehead atoms. The van der Waals surface area contributed by atoms with Crippen LogP contribution < -0.4 is 5.32 Å². The summed E-state index contributed by atoms with van der Waals surface area (Å²) >= 11 is 0. The van der Waals surface area contributed by atoms with E-state index >= 15 is 0 Å². The monoisotopic (exact) mass is 307 g/mol. The molecule has 0 radical (unpaired) electrons. The predicted molar refractivity (Wildman–Crippen MR) is 78.9 cm³/mol. The van der Waals surface area contributed by atoms with Gasteiger partial charge in [0.05, 0.1) is 11.0 Å². The first-order valence-corrected chi connectivity index (χ1v) is 7.17. The number of carboxylic acid groups (broad SMARTS) is 1. The zero-order valence-corrected chi connectivity index (χ0v) is 12.1. The van der Waals surface area contributed by atoms with Crippen molar-refractivity contribution in [2.75, 3.05) is 6.54 Å². The number of carboxylic acids is 1. The van der Waals surface area contributed by atoms with Crippen molar-refractivity contribution in [1.82, 2.24) is 15.3 Å². The average Bonchev–Trinajstić information content (AvgIpc) is 2.85. The van der Waals surface area contributed by atoms with Crippen molar-refractivity contribution in [3.8, 4) is 0 Å². The van der Waals surface area contributed by atoms with E-state index in [-0.39, 0.29) is 18.1 Å². The second kappa shape index (κ2) is 7.53. The third-order valence-electron chi connectivity index (χ3n) is 3.22. The smallest absolute Gasteiger partial charge is 0.303 e. The number of imidazole rings is 1. The van der Waals surface area contributed by atoms with Crippen LogP contribution in [0.3, 0.4) is 0 Å². The maximum absolute atomic E-state index is 13.1. The normalized spacial score (nSPS) is 10.8. The number of benzene rings is 1. The van der Waals surface area contributed by atoms with Gasteiger partial charge in [0, 0.05) is 25.8 Å². The number of unbranched alkanes of at least 4 members (excludes halogenated alkanes) is 1. The highest BCUT2D eigenvalue weighted by atomic mass is 19.1. The topological polar surface area (TPSA) is 95.1 Å². The number of nitrogens with zero attached hydrogens (tertiary/aromatic N) is 1. The molecule has 0 spiro atoms. The lowest BCUT2D eigenvalue weighted by molar-refractivity contribution is -0.137. The van der Waals surface area contributed by atoms with E-state index in [2.05, 4.69) is 15.3 Å². The Kier molecular flexibility index (Phi) is 5.46. The van der Waals surface area contributed by atoms with Crippen molar-refractivity contribution in [3.63, 3.8) is 0 Å². The van der Waals surface area contributed by atoms with Gasteiger partial charge in [-0.3, -0.25) is 9.59 Å². The van der Waals surface area contributed by atoms with E-state index in [4.69, 9.17) is 5.11 Å². The maximum atomic E-state index is 13.1. The van der Waals surface area contributed by atoms with Crippen LogP contribution in [0.15, 0.2) is 18.2 Å². The SMILES string of the molecule is O=C(O)CCCCC(=O)NCCc1nc2ccc(F)cc2[nH]1. The Balaban J connectivity index is 1.71. The van der Waals surface area contributed by atoms with Crippen LogP contribution in [0.1, 0.15) is 31.5 Å². The first-order valence-electron chi connectivity index (χ1n) is 7.17. The lowest BCUT2D eigenvalue weighted by atomic mass is 10.2. The van der Waals surface area contributed by atoms with Gasteiger partial charge in [0.25, 0.3) is 0 Å². The van der Waals surface area contributed by atoms with Gasteiger partial charge >= 0.3 is 5.97 Å². The Morgan fingerprint density at radius 2 is 2.05 bits per heavy atom. The molecule has 0 unspecified atom stereocenters. The number of nitrogens with one attached hydrogen (secondary N) is 2. The first kappa shape index (κ1) is 15.9. The quantitative estimate of drug-likeness (QED) is 0.650. The van der Waals surface area contributed by atoms with Crippen molar-refractivity contribution >= 4 is 22.9 Å². The molecule has 2 aromatic rings. The van der Waals surface area contributed by atoms with Gasteiger partial charge in [-0.05, 0) is 31.0 Å². The number of hydrogen-bond donors (Lipinski definition) is 3. The molecule has 1 heterocycles. The number of carbonyl (C=O) groups is 2. The largest absolute Gasteiger partial charge is 0.481 e. The minimum Gasteiger partial charge on any atom is -0.481 e. The van der Waals surface area contributed by atoms with E-state index in [1.54, 1.807) is 6.07 Å². The highest BCUT2D eigenvalue weighted by Crippen LogP contribution is 2.12. The zero-order chi connectivity index (χ0) is 15.9. The molecule has 0 aliphatic heterocycles. The molecule has 1 amide bonds. The summed E-state index contributed by atoms with van der Waals surface area (Å²) in [7, 11) is 0. The van der Waals surface area contributed by atoms with Gasteiger partial charge in [-0.25, -0.2) is 9.37 Å². The third kappa shape index (κ3) is 4.83. The molecule has 0 fully saturated rings. The molecule has 22 heavy (non-hydrogen) atoms. The molecule has 0 saturated heterocycles. The molecule has 0 aliphatic carbocycles. The Morgan fingerprint density at radius 1 is 1.27 bits per heavy atom. The summed E-state index contributed by atoms with van der Waals surface area (Å²) in [5.74, 6) is -0.585. The number of aromatic amines is 1. The van der Waals surface area contributed by atoms with Crippen molar-refractivity contribution in [2.45, 2.75) is 32.1 Å². The summed E-state index contributed by atoms with van der Waals surface area (Å²) in [6.45, 7) is 0.431. The van der Waals surface area contributed by atoms with Crippen LogP contribution in [0.2, 0.25) is 0 Å². The van der Waals surface area contributed by atoms with E-state index in [0.717, 1.165) is 0 Å². The fraction of sp³-hybridized carbons (Fsp3) is 0.400. The van der Waals surface area contributed by atoms with Gasteiger partial charge in [0.2, 0.25) is 5.91 Å². The lowest BCUT2D eigenvalue weighted by Crippen LogP contribution is -2.25. The number of halogens is 1. The lowest BCUT2D eigenvalue weighted by Gasteiger charge is -2.03. The van der Waals surface area contributed by atoms with Crippen molar-refractivity contribution < 1.29 is 19.1 Å². The van der Waals surface area contributed by atoms with Crippen LogP contribution in [0, 0.1) is 5.82 Å². The molecule has 0 saturated carbocycles. The number of carbonyl (C=O) groups excluding carboxylic acids is 1. The number of rotatable bonds is 8. The number of aromatic nitrogens is 2. The molecular formula is C15H18FN3O3. The van der Waals surface area contributed by atoms with Gasteiger partial charge in [-0.2, -0.15) is 0 Å². The van der Waals surface area contributed by atoms with Crippen LogP contribution in [-0.2, 0) is 16.0 Å². The molecular weight excluding hydrogens is 289 g/mol. The Morgan fingerprint density at radius 3 is 2.82 bits per heavy atom. The second-order valence-electron chi connectivity index (χ2n) is 5.05. The van der Waals surface area contributed by atoms with E-state index < -0.39 is 5.97 Å². The highest BCUT2D eigenvalue weighted by molar-refractivity contribution is 5.76. The highest BCUT2D eigenvalue weighted by Gasteiger charge is 2.06. The molecule has 7 heteroatoms. The third-order valence-corrected chi connectivity index (χ3v) is 3.22. The second-order valence-corrected chi connectivity index (χ2v) is 5.05. The Bertz CT molecular complexity index is 669. The van der Waals surface area contributed by atoms with Crippen molar-refractivity contribution in [1.29, 1.82) is 0 Å². The van der Waals surface area contributed by atoms with Crippen LogP contribution in [0.25, 0.3) is 11.0 Å². The maximum Gasteiger partial charge on any atom is 0.303 e. The minimum atomic E-state index is -0.846. The molecule has 1 aromatic heterocycles. The average molecular weight is 307 g/mol. The summed E-state index contributed by atoms with van der Waals surface area (Å²) in [5.41, 5.74) is 1.33. The fourth-order valence-corrected chi connectivity index (χ4v) is 2.12. The minimum absolute atomic E-state index is 0.0861. The number of fused-ring (bicyclic) bond motifs is 1. The summed E-state index contributed by atoms with van der Waals surface area (Å²) in [6, 6.07) is 4.34. The van der Waals surface area contributed by atoms with Crippen LogP contribution in [0.4, 0.5) is 4.39 Å². The predicted octanol–water partition coefficient (Wildman–Crippen LogP) is 2.01. The van der Waals surface area contributed by atoms with Crippen LogP contribution >= 0.6 is 0 Å². The van der Waals surface area contributed by atoms with Gasteiger partial charge in [-0.1, -0.05) is 0 Å². The zero-order valence-electron chi connectivity index (χ0n) is 12.1. The summed E-state index contributed by atoms with van der Waals surface area (Å²) in [4.78, 5) is 29.2. The molecule has 0 aliphatic rings. The molecule has 2 rings (SSSR count). The first-order chi connectivity index (χ1) is 10.5. The fourth-order valence-electron chi connectivity index (χ4n) is 2.12. The van der Waals surface area contributed by atoms with Gasteiger partial charge in [0.1, 0.15) is 11.6 Å². The summed E-state index contributed by atoms with van der Waals surface area (Å²) in [5, 5.41) is 11.2. The number of hydrogen-bond acceptors (Lipinski definition) is 3. The Hall–Kier alpha value is -2.44. The Labute approximate surface area is 126 Å². The molecule has 1 aromatic carbocycles. The number of H-pyrrole nitrogens is 1. The molecule has 6 nitrogen and oxygen atoms in total. The van der Waals surface area contributed by atoms with Gasteiger partial charge in [0.15, 0.2) is 0 Å². The van der Waals surface area contributed by atoms with E-state index in [1.165, 1.54) is 12.1 Å². The standard InChI is InChI=1S/C15H18FN3O3/c16-10-5-6-11-12(9-10)19-13(18-11)7-8-17-14(20)3-1-2-4-15(21)22/h5-6,9H,1-4,7-8H2,(H,17,20)(H,18,19)(H,21,22). The van der Waals surface area contributed by atoms with Crippen LogP contribution in [0.5, 0.6) is 0 Å². The van der Waals surface area contributed by atoms with Crippen molar-refractivity contribution in [3.05, 3.63) is 29.8 Å². The number of aliphatic carboxylic acids is 1.